The maximum absolute atomic E-state index is 13.5. The van der Waals surface area contributed by atoms with Gasteiger partial charge in [0.15, 0.2) is 17.4 Å². The Kier molecular flexibility index (Phi) is 9.39. The molecule has 0 aliphatic heterocycles. The molecule has 0 bridgehead atoms. The number of ketones is 1. The van der Waals surface area contributed by atoms with Gasteiger partial charge in [-0.3, -0.25) is 14.2 Å². The van der Waals surface area contributed by atoms with Crippen molar-refractivity contribution in [3.8, 4) is 0 Å². The molecule has 0 radical (unpaired) electrons. The van der Waals surface area contributed by atoms with E-state index in [1.165, 1.54) is 23.2 Å². The van der Waals surface area contributed by atoms with Crippen molar-refractivity contribution in [2.45, 2.75) is 32.7 Å². The van der Waals surface area contributed by atoms with E-state index in [-0.39, 0.29) is 30.3 Å². The number of hydrogen-bond acceptors (Lipinski definition) is 7. The minimum atomic E-state index is -1.01. The van der Waals surface area contributed by atoms with Gasteiger partial charge in [0.1, 0.15) is 11.4 Å². The third-order valence-electron chi connectivity index (χ3n) is 6.87. The fourth-order valence-corrected chi connectivity index (χ4v) is 4.59. The Hall–Kier alpha value is -5.38. The van der Waals surface area contributed by atoms with Crippen LogP contribution in [0.15, 0.2) is 90.3 Å². The van der Waals surface area contributed by atoms with E-state index < -0.39 is 17.2 Å². The Labute approximate surface area is 251 Å². The fraction of sp³-hybridized carbons (Fsp3) is 0.176. The molecule has 0 saturated heterocycles. The molecule has 3 aromatic carbocycles. The van der Waals surface area contributed by atoms with Crippen LogP contribution in [0.2, 0.25) is 0 Å². The predicted molar refractivity (Wildman–Crippen MR) is 161 cm³/mol. The van der Waals surface area contributed by atoms with E-state index in [1.807, 2.05) is 42.5 Å². The zero-order chi connectivity index (χ0) is 31.1. The topological polar surface area (TPSA) is 104 Å². The molecule has 5 rings (SSSR count). The molecule has 0 amide bonds. The van der Waals surface area contributed by atoms with Crippen LogP contribution in [0.5, 0.6) is 0 Å². The Bertz CT molecular complexity index is 1920. The zero-order valence-corrected chi connectivity index (χ0v) is 23.9. The molecule has 5 aromatic rings. The summed E-state index contributed by atoms with van der Waals surface area (Å²) >= 11 is 0. The molecule has 0 N–H and O–H groups in total. The highest BCUT2D eigenvalue weighted by Gasteiger charge is 2.13. The number of carbonyl (C=O) groups excluding carboxylic acids is 2. The average molecular weight is 595 g/mol. The monoisotopic (exact) mass is 594 g/mol. The normalized spacial score (nSPS) is 11.2. The van der Waals surface area contributed by atoms with Crippen LogP contribution < -0.4 is 5.56 Å². The number of ether oxygens (including phenoxy) is 1. The number of rotatable bonds is 11. The second-order valence-electron chi connectivity index (χ2n) is 10.1. The van der Waals surface area contributed by atoms with E-state index in [0.29, 0.717) is 36.4 Å². The number of halogens is 2. The molecule has 0 saturated carbocycles. The summed E-state index contributed by atoms with van der Waals surface area (Å²) in [7, 11) is 0. The van der Waals surface area contributed by atoms with Crippen molar-refractivity contribution in [3.05, 3.63) is 141 Å². The molecule has 0 unspecified atom stereocenters. The summed E-state index contributed by atoms with van der Waals surface area (Å²) in [6.07, 6.45) is 9.01. The summed E-state index contributed by atoms with van der Waals surface area (Å²) in [5, 5.41) is 0.863. The number of carbonyl (C=O) groups is 2. The molecule has 222 valence electrons. The van der Waals surface area contributed by atoms with Gasteiger partial charge in [-0.15, -0.1) is 0 Å². The van der Waals surface area contributed by atoms with Crippen molar-refractivity contribution in [1.29, 1.82) is 0 Å². The lowest BCUT2D eigenvalue weighted by atomic mass is 10.1. The number of esters is 1. The van der Waals surface area contributed by atoms with Crippen LogP contribution >= 0.6 is 0 Å². The van der Waals surface area contributed by atoms with Crippen molar-refractivity contribution < 1.29 is 23.1 Å². The van der Waals surface area contributed by atoms with Crippen molar-refractivity contribution in [2.24, 2.45) is 0 Å². The van der Waals surface area contributed by atoms with E-state index in [0.717, 1.165) is 34.2 Å². The number of allylic oxidation sites excluding steroid dienone is 1. The molecule has 10 heteroatoms. The summed E-state index contributed by atoms with van der Waals surface area (Å²) in [4.78, 5) is 50.6. The van der Waals surface area contributed by atoms with Crippen LogP contribution in [0.3, 0.4) is 0 Å². The Morgan fingerprint density at radius 2 is 1.75 bits per heavy atom. The lowest BCUT2D eigenvalue weighted by Gasteiger charge is -2.07. The first kappa shape index (κ1) is 30.1. The highest BCUT2D eigenvalue weighted by Crippen LogP contribution is 2.17. The summed E-state index contributed by atoms with van der Waals surface area (Å²) in [6.45, 7) is 2.05. The van der Waals surface area contributed by atoms with E-state index in [1.54, 1.807) is 25.3 Å². The van der Waals surface area contributed by atoms with Gasteiger partial charge in [-0.25, -0.2) is 28.5 Å². The van der Waals surface area contributed by atoms with Crippen LogP contribution in [0, 0.1) is 11.6 Å². The molecular formula is C34H28F2N4O4. The largest absolute Gasteiger partial charge is 0.462 e. The first-order chi connectivity index (χ1) is 21.3. The summed E-state index contributed by atoms with van der Waals surface area (Å²) in [5.41, 5.74) is 2.95. The summed E-state index contributed by atoms with van der Waals surface area (Å²) < 4.78 is 33.0. The van der Waals surface area contributed by atoms with Crippen molar-refractivity contribution in [3.63, 3.8) is 0 Å². The third kappa shape index (κ3) is 7.33. The van der Waals surface area contributed by atoms with E-state index in [9.17, 15) is 23.2 Å². The van der Waals surface area contributed by atoms with Gasteiger partial charge in [0, 0.05) is 30.6 Å². The van der Waals surface area contributed by atoms with Gasteiger partial charge in [-0.1, -0.05) is 36.4 Å². The highest BCUT2D eigenvalue weighted by atomic mass is 19.2. The number of aromatic nitrogens is 4. The maximum Gasteiger partial charge on any atom is 0.338 e. The number of Topliss-reactive ketones (excluding diaryl/α,β-unsaturated/α-hetero) is 1. The van der Waals surface area contributed by atoms with Crippen LogP contribution in [-0.4, -0.2) is 37.9 Å². The highest BCUT2D eigenvalue weighted by molar-refractivity contribution is 5.95. The first-order valence-electron chi connectivity index (χ1n) is 14.0. The smallest absolute Gasteiger partial charge is 0.338 e. The van der Waals surface area contributed by atoms with Crippen LogP contribution in [0.25, 0.3) is 17.0 Å². The third-order valence-corrected chi connectivity index (χ3v) is 6.87. The standard InChI is InChI=1S/C34H28F2N4O4/c1-2-44-34(43)25-11-7-23(8-12-25)17-32-38-18-26-15-22(10-14-30(26)39-32)5-3-4-6-31(41)27-19-37-21-40(33(27)42)20-24-9-13-28(35)29(36)16-24/h3,5,7-16,18-19,21H,2,4,6,17,20H2,1H3/b5-3+. The Balaban J connectivity index is 1.18. The molecule has 0 atom stereocenters. The SMILES string of the molecule is CCOC(=O)c1ccc(Cc2ncc3cc(/C=C/CCC(=O)c4cncn(Cc5ccc(F)c(F)c5)c4=O)ccc3n2)cc1. The van der Waals surface area contributed by atoms with Gasteiger partial charge in [0.2, 0.25) is 0 Å². The molecule has 2 heterocycles. The number of benzene rings is 3. The second kappa shape index (κ2) is 13.7. The quantitative estimate of drug-likeness (QED) is 0.137. The molecule has 8 nitrogen and oxygen atoms in total. The average Bonchev–Trinajstić information content (AvgIpc) is 3.02. The van der Waals surface area contributed by atoms with Crippen LogP contribution in [0.4, 0.5) is 8.78 Å². The van der Waals surface area contributed by atoms with Crippen molar-refractivity contribution >= 4 is 28.7 Å². The first-order valence-corrected chi connectivity index (χ1v) is 14.0. The fourth-order valence-electron chi connectivity index (χ4n) is 4.59. The minimum absolute atomic E-state index is 0.0402. The van der Waals surface area contributed by atoms with Gasteiger partial charge in [0.25, 0.3) is 5.56 Å². The van der Waals surface area contributed by atoms with Gasteiger partial charge in [-0.05, 0) is 66.4 Å². The van der Waals surface area contributed by atoms with E-state index in [2.05, 4.69) is 15.0 Å². The second-order valence-corrected chi connectivity index (χ2v) is 10.1. The molecule has 44 heavy (non-hydrogen) atoms. The number of nitrogens with zero attached hydrogens (tertiary/aromatic N) is 4. The number of fused-ring (bicyclic) bond motifs is 1. The predicted octanol–water partition coefficient (Wildman–Crippen LogP) is 5.96. The van der Waals surface area contributed by atoms with Crippen LogP contribution in [0.1, 0.15) is 63.0 Å². The van der Waals surface area contributed by atoms with Crippen LogP contribution in [-0.2, 0) is 17.7 Å². The molecule has 0 aliphatic rings. The van der Waals surface area contributed by atoms with Crippen molar-refractivity contribution in [2.75, 3.05) is 6.61 Å². The number of hydrogen-bond donors (Lipinski definition) is 0. The molecule has 2 aromatic heterocycles. The molecule has 0 spiro atoms. The van der Waals surface area contributed by atoms with Crippen molar-refractivity contribution in [1.82, 2.24) is 19.5 Å². The molecule has 0 aliphatic carbocycles. The van der Waals surface area contributed by atoms with Gasteiger partial charge >= 0.3 is 5.97 Å². The Morgan fingerprint density at radius 1 is 0.955 bits per heavy atom. The lowest BCUT2D eigenvalue weighted by Crippen LogP contribution is -2.27. The summed E-state index contributed by atoms with van der Waals surface area (Å²) in [5.74, 6) is -2.04. The minimum Gasteiger partial charge on any atom is -0.462 e. The van der Waals surface area contributed by atoms with Gasteiger partial charge in [-0.2, -0.15) is 0 Å². The van der Waals surface area contributed by atoms with E-state index in [4.69, 9.17) is 4.74 Å². The lowest BCUT2D eigenvalue weighted by molar-refractivity contribution is 0.0526. The summed E-state index contributed by atoms with van der Waals surface area (Å²) in [6, 6.07) is 16.3. The molecular weight excluding hydrogens is 566 g/mol. The maximum atomic E-state index is 13.5. The van der Waals surface area contributed by atoms with Gasteiger partial charge < -0.3 is 4.74 Å². The molecule has 0 fully saturated rings. The van der Waals surface area contributed by atoms with E-state index >= 15 is 0 Å². The van der Waals surface area contributed by atoms with Gasteiger partial charge in [0.05, 0.1) is 30.6 Å². The zero-order valence-electron chi connectivity index (χ0n) is 23.9. The Morgan fingerprint density at radius 3 is 2.52 bits per heavy atom.